The monoisotopic (exact) mass is 361 g/mol. The molecule has 3 heterocycles. The molecule has 6 heteroatoms. The van der Waals surface area contributed by atoms with Crippen LogP contribution in [0.25, 0.3) is 11.0 Å². The molecule has 2 aliphatic heterocycles. The highest BCUT2D eigenvalue weighted by Crippen LogP contribution is 2.25. The van der Waals surface area contributed by atoms with Crippen molar-refractivity contribution < 1.29 is 9.53 Å². The Bertz CT molecular complexity index is 761. The lowest BCUT2D eigenvalue weighted by Crippen LogP contribution is -2.32. The number of Topliss-reactive ketones (excluding diaryl/α,β-unsaturated/α-hetero) is 1. The zero-order valence-corrected chi connectivity index (χ0v) is 15.1. The van der Waals surface area contributed by atoms with Gasteiger partial charge in [0.25, 0.3) is 0 Å². The van der Waals surface area contributed by atoms with Crippen LogP contribution in [-0.2, 0) is 22.5 Å². The van der Waals surface area contributed by atoms with Gasteiger partial charge in [-0.1, -0.05) is 11.6 Å². The molecule has 1 aromatic heterocycles. The molecule has 0 unspecified atom stereocenters. The van der Waals surface area contributed by atoms with Crippen LogP contribution < -0.4 is 5.32 Å². The zero-order chi connectivity index (χ0) is 17.2. The molecular formula is C19H24ClN3O2. The van der Waals surface area contributed by atoms with E-state index >= 15 is 0 Å². The van der Waals surface area contributed by atoms with E-state index in [9.17, 15) is 4.79 Å². The second-order valence-electron chi connectivity index (χ2n) is 7.12. The fourth-order valence-electron chi connectivity index (χ4n) is 3.92. The number of nitrogens with one attached hydrogen (secondary N) is 1. The van der Waals surface area contributed by atoms with Crippen molar-refractivity contribution in [3.63, 3.8) is 0 Å². The maximum absolute atomic E-state index is 12.6. The average molecular weight is 362 g/mol. The molecule has 0 saturated carbocycles. The summed E-state index contributed by atoms with van der Waals surface area (Å²) >= 11 is 6.14. The lowest BCUT2D eigenvalue weighted by molar-refractivity contribution is -0.120. The number of fused-ring (bicyclic) bond motifs is 1. The first-order chi connectivity index (χ1) is 12.2. The van der Waals surface area contributed by atoms with E-state index in [1.165, 1.54) is 0 Å². The molecule has 2 aliphatic rings. The fraction of sp³-hybridized carbons (Fsp3) is 0.579. The van der Waals surface area contributed by atoms with E-state index in [1.807, 2.05) is 18.2 Å². The maximum Gasteiger partial charge on any atom is 0.157 e. The highest BCUT2D eigenvalue weighted by molar-refractivity contribution is 6.31. The number of hydrogen-bond acceptors (Lipinski definition) is 4. The van der Waals surface area contributed by atoms with Gasteiger partial charge in [0.1, 0.15) is 5.82 Å². The van der Waals surface area contributed by atoms with Gasteiger partial charge in [-0.25, -0.2) is 4.98 Å². The van der Waals surface area contributed by atoms with Crippen molar-refractivity contribution >= 4 is 28.4 Å². The number of ketones is 1. The van der Waals surface area contributed by atoms with Crippen LogP contribution in [0.15, 0.2) is 18.2 Å². The molecule has 0 aliphatic carbocycles. The van der Waals surface area contributed by atoms with Gasteiger partial charge >= 0.3 is 0 Å². The number of hydrogen-bond donors (Lipinski definition) is 1. The summed E-state index contributed by atoms with van der Waals surface area (Å²) in [4.78, 5) is 17.4. The van der Waals surface area contributed by atoms with Crippen LogP contribution in [-0.4, -0.2) is 41.1 Å². The Morgan fingerprint density at radius 1 is 1.32 bits per heavy atom. The Hall–Kier alpha value is -1.43. The lowest BCUT2D eigenvalue weighted by atomic mass is 10.00. The van der Waals surface area contributed by atoms with Crippen LogP contribution in [0.4, 0.5) is 0 Å². The molecule has 25 heavy (non-hydrogen) atoms. The first-order valence-corrected chi connectivity index (χ1v) is 9.57. The first kappa shape index (κ1) is 17.0. The number of nitrogens with zero attached hydrogens (tertiary/aromatic N) is 2. The molecule has 1 atom stereocenters. The predicted molar refractivity (Wildman–Crippen MR) is 98.0 cm³/mol. The summed E-state index contributed by atoms with van der Waals surface area (Å²) in [5.74, 6) is 1.68. The molecule has 2 saturated heterocycles. The van der Waals surface area contributed by atoms with Gasteiger partial charge in [0.2, 0.25) is 0 Å². The number of imidazole rings is 1. The Morgan fingerprint density at radius 3 is 2.92 bits per heavy atom. The largest absolute Gasteiger partial charge is 0.381 e. The first-order valence-electron chi connectivity index (χ1n) is 9.19. The highest BCUT2D eigenvalue weighted by Gasteiger charge is 2.25. The van der Waals surface area contributed by atoms with Crippen molar-refractivity contribution in [2.24, 2.45) is 5.92 Å². The summed E-state index contributed by atoms with van der Waals surface area (Å²) in [5.41, 5.74) is 1.94. The molecule has 2 fully saturated rings. The molecule has 2 aromatic rings. The molecule has 1 N–H and O–H groups in total. The van der Waals surface area contributed by atoms with E-state index in [1.54, 1.807) is 0 Å². The third kappa shape index (κ3) is 3.73. The molecule has 1 aromatic carbocycles. The number of ether oxygens (including phenoxy) is 1. The highest BCUT2D eigenvalue weighted by atomic mass is 35.5. The second kappa shape index (κ2) is 7.44. The van der Waals surface area contributed by atoms with E-state index in [0.29, 0.717) is 17.4 Å². The van der Waals surface area contributed by atoms with Gasteiger partial charge in [0, 0.05) is 24.8 Å². The molecule has 4 rings (SSSR count). The third-order valence-corrected chi connectivity index (χ3v) is 5.59. The van der Waals surface area contributed by atoms with Crippen LogP contribution in [0.5, 0.6) is 0 Å². The van der Waals surface area contributed by atoms with Crippen LogP contribution >= 0.6 is 11.6 Å². The summed E-state index contributed by atoms with van der Waals surface area (Å²) in [6.45, 7) is 3.47. The second-order valence-corrected chi connectivity index (χ2v) is 7.56. The molecule has 0 spiro atoms. The van der Waals surface area contributed by atoms with E-state index < -0.39 is 0 Å². The van der Waals surface area contributed by atoms with Gasteiger partial charge in [-0.05, 0) is 56.3 Å². The van der Waals surface area contributed by atoms with E-state index in [0.717, 1.165) is 68.8 Å². The van der Waals surface area contributed by atoms with E-state index in [2.05, 4.69) is 9.88 Å². The molecule has 134 valence electrons. The number of carbonyl (C=O) groups is 1. The van der Waals surface area contributed by atoms with Crippen molar-refractivity contribution in [3.8, 4) is 0 Å². The predicted octanol–water partition coefficient (Wildman–Crippen LogP) is 2.98. The SMILES string of the molecule is O=C(Cc1nc2cc(Cl)ccc2n1CC1CCOCC1)[C@@H]1CCCN1. The number of carbonyl (C=O) groups excluding carboxylic acids is 1. The van der Waals surface area contributed by atoms with Crippen molar-refractivity contribution in [1.82, 2.24) is 14.9 Å². The van der Waals surface area contributed by atoms with Gasteiger partial charge in [0.15, 0.2) is 5.78 Å². The maximum atomic E-state index is 12.6. The number of halogens is 1. The topological polar surface area (TPSA) is 56.2 Å². The Kier molecular flexibility index (Phi) is 5.06. The standard InChI is InChI=1S/C19H24ClN3O2/c20-14-3-4-17-16(10-14)22-19(11-18(24)15-2-1-7-21-15)23(17)12-13-5-8-25-9-6-13/h3-4,10,13,15,21H,1-2,5-9,11-12H2/t15-/m0/s1. The van der Waals surface area contributed by atoms with E-state index in [4.69, 9.17) is 21.3 Å². The molecular weight excluding hydrogens is 338 g/mol. The summed E-state index contributed by atoms with van der Waals surface area (Å²) < 4.78 is 7.71. The smallest absolute Gasteiger partial charge is 0.157 e. The Labute approximate surface area is 152 Å². The van der Waals surface area contributed by atoms with Crippen molar-refractivity contribution in [1.29, 1.82) is 0 Å². The van der Waals surface area contributed by atoms with Crippen molar-refractivity contribution in [2.45, 2.75) is 44.7 Å². The minimum Gasteiger partial charge on any atom is -0.381 e. The normalized spacial score (nSPS) is 21.9. The number of rotatable bonds is 5. The summed E-state index contributed by atoms with van der Waals surface area (Å²) in [6, 6.07) is 5.79. The molecule has 0 bridgehead atoms. The molecule has 0 amide bonds. The Morgan fingerprint density at radius 2 is 2.16 bits per heavy atom. The van der Waals surface area contributed by atoms with Crippen LogP contribution in [0.3, 0.4) is 0 Å². The average Bonchev–Trinajstić information content (AvgIpc) is 3.25. The van der Waals surface area contributed by atoms with Gasteiger partial charge in [-0.2, -0.15) is 0 Å². The number of aromatic nitrogens is 2. The van der Waals surface area contributed by atoms with Crippen LogP contribution in [0.1, 0.15) is 31.5 Å². The fourth-order valence-corrected chi connectivity index (χ4v) is 4.08. The van der Waals surface area contributed by atoms with Crippen LogP contribution in [0.2, 0.25) is 5.02 Å². The Balaban J connectivity index is 1.63. The lowest BCUT2D eigenvalue weighted by Gasteiger charge is -2.23. The quantitative estimate of drug-likeness (QED) is 0.889. The van der Waals surface area contributed by atoms with E-state index in [-0.39, 0.29) is 11.8 Å². The molecule has 5 nitrogen and oxygen atoms in total. The molecule has 0 radical (unpaired) electrons. The minimum absolute atomic E-state index is 0.0140. The minimum atomic E-state index is -0.0140. The van der Waals surface area contributed by atoms with Crippen molar-refractivity contribution in [3.05, 3.63) is 29.0 Å². The summed E-state index contributed by atoms with van der Waals surface area (Å²) in [7, 11) is 0. The van der Waals surface area contributed by atoms with Gasteiger partial charge in [-0.15, -0.1) is 0 Å². The number of benzene rings is 1. The summed E-state index contributed by atoms with van der Waals surface area (Å²) in [5, 5.41) is 3.98. The van der Waals surface area contributed by atoms with Gasteiger partial charge in [0.05, 0.1) is 23.5 Å². The van der Waals surface area contributed by atoms with Gasteiger partial charge in [-0.3, -0.25) is 4.79 Å². The zero-order valence-electron chi connectivity index (χ0n) is 14.3. The van der Waals surface area contributed by atoms with Gasteiger partial charge < -0.3 is 14.6 Å². The third-order valence-electron chi connectivity index (χ3n) is 5.35. The summed E-state index contributed by atoms with van der Waals surface area (Å²) in [6.07, 6.45) is 4.51. The van der Waals surface area contributed by atoms with Crippen LogP contribution in [0, 0.1) is 5.92 Å². The van der Waals surface area contributed by atoms with Crippen molar-refractivity contribution in [2.75, 3.05) is 19.8 Å².